The van der Waals surface area contributed by atoms with Crippen molar-refractivity contribution < 1.29 is 130 Å². The number of non-ortho nitro benzene ring substituents is 1. The average molecular weight is 311 g/mol. The van der Waals surface area contributed by atoms with Crippen molar-refractivity contribution in [2.24, 2.45) is 0 Å². The molecule has 0 bridgehead atoms. The van der Waals surface area contributed by atoms with Gasteiger partial charge in [0.15, 0.2) is 0 Å². The van der Waals surface area contributed by atoms with Crippen molar-refractivity contribution in [2.75, 3.05) is 0 Å². The third-order valence-electron chi connectivity index (χ3n) is 1.33. The first-order valence-electron chi connectivity index (χ1n) is 3.40. The molecular weight excluding hydrogens is 308 g/mol. The average Bonchev–Trinajstić information content (AvgIpc) is 2.06. The fourth-order valence-corrected chi connectivity index (χ4v) is 1.14. The van der Waals surface area contributed by atoms with E-state index in [0.717, 1.165) is 12.1 Å². The Morgan fingerprint density at radius 1 is 1.24 bits per heavy atom. The van der Waals surface area contributed by atoms with E-state index >= 15 is 0 Å². The fraction of sp³-hybridized carbons (Fsp3) is 0. The molecule has 0 saturated carbocycles. The van der Waals surface area contributed by atoms with Crippen molar-refractivity contribution in [2.45, 2.75) is 0 Å². The largest absolute Gasteiger partial charge is 1.00 e. The first-order valence-corrected chi connectivity index (χ1v) is 4.74. The predicted molar refractivity (Wildman–Crippen MR) is 42.9 cm³/mol. The van der Waals surface area contributed by atoms with Crippen molar-refractivity contribution in [1.29, 1.82) is 0 Å². The molecule has 0 atom stereocenters. The van der Waals surface area contributed by atoms with Crippen molar-refractivity contribution in [1.82, 2.24) is 0 Å². The minimum Gasteiger partial charge on any atom is -0.870 e. The van der Waals surface area contributed by atoms with E-state index in [9.17, 15) is 28.2 Å². The maximum absolute atomic E-state index is 10.9. The molecule has 0 aliphatic carbocycles. The van der Waals surface area contributed by atoms with E-state index in [1.807, 2.05) is 0 Å². The van der Waals surface area contributed by atoms with Gasteiger partial charge in [0.25, 0.3) is 16.1 Å². The van der Waals surface area contributed by atoms with Crippen LogP contribution in [0, 0.1) is 10.1 Å². The molecule has 0 aliphatic heterocycles. The second kappa shape index (κ2) is 8.55. The molecule has 0 fully saturated rings. The number of hydrogen-bond donors (Lipinski definition) is 0. The molecule has 11 heteroatoms. The van der Waals surface area contributed by atoms with E-state index in [1.165, 1.54) is 0 Å². The van der Waals surface area contributed by atoms with Crippen LogP contribution in [0.3, 0.4) is 0 Å². The summed E-state index contributed by atoms with van der Waals surface area (Å²) >= 11 is 0. The van der Waals surface area contributed by atoms with Crippen LogP contribution >= 0.6 is 0 Å². The molecule has 8 nitrogen and oxygen atoms in total. The molecule has 0 heterocycles. The van der Waals surface area contributed by atoms with E-state index in [4.69, 9.17) is 0 Å². The molecule has 0 radical (unpaired) electrons. The molecule has 0 aromatic heterocycles. The zero-order valence-electron chi connectivity index (χ0n) is 8.95. The smallest absolute Gasteiger partial charge is 0.870 e. The summed E-state index contributed by atoms with van der Waals surface area (Å²) in [5, 5.41) is 21.2. The molecular formula is C6H3K2NO7S. The van der Waals surface area contributed by atoms with Crippen molar-refractivity contribution in [3.63, 3.8) is 0 Å². The second-order valence-electron chi connectivity index (χ2n) is 2.38. The number of hydrogen-bond acceptors (Lipinski definition) is 7. The summed E-state index contributed by atoms with van der Waals surface area (Å²) in [4.78, 5) is 9.39. The Balaban J connectivity index is 0. The van der Waals surface area contributed by atoms with Gasteiger partial charge in [-0.25, -0.2) is 8.42 Å². The maximum Gasteiger partial charge on any atom is 1.00 e. The first-order chi connectivity index (χ1) is 6.79. The van der Waals surface area contributed by atoms with Gasteiger partial charge in [-0.3, -0.25) is 10.1 Å². The predicted octanol–water partition coefficient (Wildman–Crippen LogP) is -6.48. The van der Waals surface area contributed by atoms with Crippen molar-refractivity contribution >= 4 is 16.1 Å². The number of nitro benzene ring substituents is 1. The molecule has 17 heavy (non-hydrogen) atoms. The third kappa shape index (κ3) is 7.54. The monoisotopic (exact) mass is 311 g/mol. The molecule has 0 N–H and O–H groups in total. The molecule has 82 valence electrons. The van der Waals surface area contributed by atoms with E-state index in [1.54, 1.807) is 0 Å². The van der Waals surface area contributed by atoms with E-state index < -0.39 is 32.5 Å². The third-order valence-corrected chi connectivity index (χ3v) is 1.71. The van der Waals surface area contributed by atoms with Gasteiger partial charge in [0.1, 0.15) is 5.75 Å². The van der Waals surface area contributed by atoms with Crippen LogP contribution in [0.5, 0.6) is 11.5 Å². The fourth-order valence-electron chi connectivity index (χ4n) is 0.785. The van der Waals surface area contributed by atoms with Crippen molar-refractivity contribution in [3.8, 4) is 11.5 Å². The zero-order valence-corrected chi connectivity index (χ0v) is 16.0. The summed E-state index contributed by atoms with van der Waals surface area (Å²) in [6.07, 6.45) is 0. The van der Waals surface area contributed by atoms with Gasteiger partial charge in [0, 0.05) is 6.07 Å². The number of benzene rings is 1. The van der Waals surface area contributed by atoms with Gasteiger partial charge < -0.3 is 13.8 Å². The van der Waals surface area contributed by atoms with Gasteiger partial charge in [0.05, 0.1) is 11.0 Å². The van der Waals surface area contributed by atoms with Gasteiger partial charge >= 0.3 is 103 Å². The Morgan fingerprint density at radius 3 is 2.18 bits per heavy atom. The summed E-state index contributed by atoms with van der Waals surface area (Å²) in [5.74, 6) is -1.82. The second-order valence-corrected chi connectivity index (χ2v) is 3.36. The molecule has 0 amide bonds. The molecule has 0 saturated heterocycles. The van der Waals surface area contributed by atoms with Crippen LogP contribution in [0.15, 0.2) is 18.2 Å². The normalized spacial score (nSPS) is 9.71. The maximum atomic E-state index is 10.9. The number of rotatable bonds is 3. The summed E-state index contributed by atoms with van der Waals surface area (Å²) in [6.45, 7) is 0. The number of nitrogens with zero attached hydrogens (tertiary/aromatic N) is 1. The summed E-state index contributed by atoms with van der Waals surface area (Å²) in [5.41, 5.74) is -0.548. The van der Waals surface area contributed by atoms with Crippen LogP contribution in [0.2, 0.25) is 0 Å². The Kier molecular flexibility index (Phi) is 10.4. The van der Waals surface area contributed by atoms with Crippen LogP contribution in [0.25, 0.3) is 0 Å². The zero-order chi connectivity index (χ0) is 11.6. The van der Waals surface area contributed by atoms with Crippen molar-refractivity contribution in [3.05, 3.63) is 28.3 Å². The van der Waals surface area contributed by atoms with Crippen LogP contribution < -0.4 is 112 Å². The Labute approximate surface area is 182 Å². The van der Waals surface area contributed by atoms with Gasteiger partial charge in [-0.05, 0) is 0 Å². The SMILES string of the molecule is O=[N+]([O-])c1ccc([O-])c(OS(=O)(=O)[O-])c1.[K+].[K+]. The number of nitro groups is 1. The van der Waals surface area contributed by atoms with E-state index in [0.29, 0.717) is 6.07 Å². The van der Waals surface area contributed by atoms with E-state index in [-0.39, 0.29) is 103 Å². The Bertz CT molecular complexity index is 503. The standard InChI is InChI=1S/C6H5NO7S.2K/c8-5-2-1-4(7(9)10)3-6(5)14-15(11,12)13;;/h1-3,8H,(H,11,12,13);;/q;2*+1/p-2. The minimum absolute atomic E-state index is 0. The van der Waals surface area contributed by atoms with Crippen LogP contribution in [-0.4, -0.2) is 17.9 Å². The molecule has 0 aliphatic rings. The molecule has 1 aromatic carbocycles. The molecule has 0 unspecified atom stereocenters. The molecule has 0 spiro atoms. The minimum atomic E-state index is -5.11. The Morgan fingerprint density at radius 2 is 1.76 bits per heavy atom. The van der Waals surface area contributed by atoms with Crippen LogP contribution in [-0.2, 0) is 10.4 Å². The molecule has 1 rings (SSSR count). The topological polar surface area (TPSA) is 133 Å². The summed E-state index contributed by atoms with van der Waals surface area (Å²) < 4.78 is 34.2. The van der Waals surface area contributed by atoms with Gasteiger partial charge in [-0.15, -0.1) is 0 Å². The van der Waals surface area contributed by atoms with Gasteiger partial charge in [0.2, 0.25) is 0 Å². The van der Waals surface area contributed by atoms with Crippen LogP contribution in [0.1, 0.15) is 0 Å². The molecule has 1 aromatic rings. The first kappa shape index (κ1) is 20.7. The van der Waals surface area contributed by atoms with Crippen LogP contribution in [0.4, 0.5) is 5.69 Å². The van der Waals surface area contributed by atoms with E-state index in [2.05, 4.69) is 4.18 Å². The quantitative estimate of drug-likeness (QED) is 0.178. The summed E-state index contributed by atoms with van der Waals surface area (Å²) in [6, 6.07) is 2.17. The van der Waals surface area contributed by atoms with Gasteiger partial charge in [-0.1, -0.05) is 11.8 Å². The Hall–Kier alpha value is 1.40. The van der Waals surface area contributed by atoms with Gasteiger partial charge in [-0.2, -0.15) is 0 Å². The summed E-state index contributed by atoms with van der Waals surface area (Å²) in [7, 11) is -5.11.